The Labute approximate surface area is 108 Å². The highest BCUT2D eigenvalue weighted by Gasteiger charge is 2.25. The van der Waals surface area contributed by atoms with E-state index in [9.17, 15) is 9.18 Å². The summed E-state index contributed by atoms with van der Waals surface area (Å²) in [4.78, 5) is 12.8. The van der Waals surface area contributed by atoms with Gasteiger partial charge in [0.2, 0.25) is 0 Å². The monoisotopic (exact) mass is 259 g/mol. The number of hydrogen-bond donors (Lipinski definition) is 0. The summed E-state index contributed by atoms with van der Waals surface area (Å²) in [5.74, 6) is -2.00. The zero-order chi connectivity index (χ0) is 13.1. The lowest BCUT2D eigenvalue weighted by atomic mass is 9.96. The lowest BCUT2D eigenvalue weighted by molar-refractivity contribution is 0.0976. The van der Waals surface area contributed by atoms with Gasteiger partial charge in [-0.2, -0.15) is 5.26 Å². The van der Waals surface area contributed by atoms with Crippen LogP contribution in [0.4, 0.5) is 4.39 Å². The first kappa shape index (κ1) is 12.5. The van der Waals surface area contributed by atoms with Crippen molar-refractivity contribution in [2.45, 2.75) is 12.8 Å². The maximum absolute atomic E-state index is 13.6. The fourth-order valence-electron chi connectivity index (χ4n) is 1.69. The predicted octanol–water partition coefficient (Wildman–Crippen LogP) is 3.69. The Morgan fingerprint density at radius 3 is 2.83 bits per heavy atom. The van der Waals surface area contributed by atoms with E-state index in [1.807, 2.05) is 6.07 Å². The van der Waals surface area contributed by atoms with Crippen LogP contribution in [0.25, 0.3) is 0 Å². The highest BCUT2D eigenvalue weighted by molar-refractivity contribution is 7.10. The van der Waals surface area contributed by atoms with E-state index in [4.69, 9.17) is 5.26 Å². The second kappa shape index (κ2) is 5.11. The first-order chi connectivity index (χ1) is 8.63. The minimum absolute atomic E-state index is 0.0186. The molecule has 0 aliphatic heterocycles. The quantitative estimate of drug-likeness (QED) is 0.789. The Bertz CT molecular complexity index is 613. The van der Waals surface area contributed by atoms with Gasteiger partial charge >= 0.3 is 0 Å². The van der Waals surface area contributed by atoms with Crippen LogP contribution in [0.2, 0.25) is 0 Å². The summed E-state index contributed by atoms with van der Waals surface area (Å²) in [6.45, 7) is 1.78. The number of rotatable bonds is 3. The second-order valence-corrected chi connectivity index (χ2v) is 4.90. The summed E-state index contributed by atoms with van der Waals surface area (Å²) in [5.41, 5.74) is 0.776. The molecule has 0 saturated carbocycles. The predicted molar refractivity (Wildman–Crippen MR) is 68.1 cm³/mol. The van der Waals surface area contributed by atoms with E-state index >= 15 is 0 Å². The van der Waals surface area contributed by atoms with E-state index in [1.54, 1.807) is 30.5 Å². The van der Waals surface area contributed by atoms with E-state index in [1.165, 1.54) is 23.5 Å². The normalized spacial score (nSPS) is 11.8. The zero-order valence-corrected chi connectivity index (χ0v) is 10.5. The van der Waals surface area contributed by atoms with Crippen molar-refractivity contribution in [1.29, 1.82) is 5.26 Å². The number of benzene rings is 1. The van der Waals surface area contributed by atoms with Crippen molar-refractivity contribution in [1.82, 2.24) is 0 Å². The third-order valence-electron chi connectivity index (χ3n) is 2.61. The Balaban J connectivity index is 2.42. The minimum Gasteiger partial charge on any atom is -0.292 e. The Morgan fingerprint density at radius 1 is 1.44 bits per heavy atom. The Kier molecular flexibility index (Phi) is 3.54. The van der Waals surface area contributed by atoms with E-state index in [2.05, 4.69) is 0 Å². The first-order valence-corrected chi connectivity index (χ1v) is 6.25. The summed E-state index contributed by atoms with van der Waals surface area (Å²) in [6, 6.07) is 9.76. The van der Waals surface area contributed by atoms with Gasteiger partial charge in [0.1, 0.15) is 11.7 Å². The lowest BCUT2D eigenvalue weighted by Crippen LogP contribution is -2.12. The van der Waals surface area contributed by atoms with Crippen molar-refractivity contribution < 1.29 is 9.18 Å². The number of carbonyl (C=O) groups excluding carboxylic acids is 1. The number of Topliss-reactive ketones (excluding diaryl/α,β-unsaturated/α-hetero) is 1. The topological polar surface area (TPSA) is 40.9 Å². The third kappa shape index (κ3) is 2.31. The number of aryl methyl sites for hydroxylation is 1. The Morgan fingerprint density at radius 2 is 2.22 bits per heavy atom. The molecule has 0 aliphatic carbocycles. The molecule has 0 N–H and O–H groups in total. The van der Waals surface area contributed by atoms with Crippen molar-refractivity contribution >= 4 is 17.1 Å². The number of nitrogens with zero attached hydrogens (tertiary/aromatic N) is 1. The van der Waals surface area contributed by atoms with Crippen LogP contribution in [0.15, 0.2) is 35.7 Å². The van der Waals surface area contributed by atoms with Gasteiger partial charge in [-0.1, -0.05) is 17.7 Å². The highest BCUT2D eigenvalue weighted by Crippen LogP contribution is 2.26. The molecular weight excluding hydrogens is 249 g/mol. The maximum Gasteiger partial charge on any atom is 0.188 e. The smallest absolute Gasteiger partial charge is 0.188 e. The fraction of sp³-hybridized carbons (Fsp3) is 0.143. The van der Waals surface area contributed by atoms with Crippen LogP contribution in [0.1, 0.15) is 26.7 Å². The molecule has 0 fully saturated rings. The van der Waals surface area contributed by atoms with Gasteiger partial charge in [0.05, 0.1) is 11.6 Å². The molecular formula is C14H10FNOS. The molecule has 18 heavy (non-hydrogen) atoms. The van der Waals surface area contributed by atoms with Gasteiger partial charge in [-0.25, -0.2) is 4.39 Å². The zero-order valence-electron chi connectivity index (χ0n) is 9.68. The van der Waals surface area contributed by atoms with Crippen molar-refractivity contribution in [3.8, 4) is 6.07 Å². The van der Waals surface area contributed by atoms with Gasteiger partial charge in [-0.05, 0) is 30.5 Å². The van der Waals surface area contributed by atoms with E-state index in [0.717, 1.165) is 5.56 Å². The summed E-state index contributed by atoms with van der Waals surface area (Å²) >= 11 is 1.32. The minimum atomic E-state index is -0.929. The molecule has 90 valence electrons. The van der Waals surface area contributed by atoms with Crippen molar-refractivity contribution in [3.05, 3.63) is 57.5 Å². The fourth-order valence-corrected chi connectivity index (χ4v) is 2.46. The van der Waals surface area contributed by atoms with Crippen molar-refractivity contribution in [2.24, 2.45) is 0 Å². The summed E-state index contributed by atoms with van der Waals surface area (Å²) in [7, 11) is 0. The number of hydrogen-bond acceptors (Lipinski definition) is 3. The van der Waals surface area contributed by atoms with Gasteiger partial charge in [0.15, 0.2) is 5.78 Å². The largest absolute Gasteiger partial charge is 0.292 e. The molecule has 1 heterocycles. The number of thiophene rings is 1. The third-order valence-corrected chi connectivity index (χ3v) is 3.54. The molecule has 2 nitrogen and oxygen atoms in total. The van der Waals surface area contributed by atoms with E-state index in [-0.39, 0.29) is 5.56 Å². The van der Waals surface area contributed by atoms with E-state index < -0.39 is 17.5 Å². The average molecular weight is 259 g/mol. The molecule has 1 atom stereocenters. The standard InChI is InChI=1S/C14H10FNOS/c1-9-4-5-12(15)10(7-9)14(17)11(8-16)13-3-2-6-18-13/h2-7,11H,1H3. The van der Waals surface area contributed by atoms with Gasteiger partial charge in [-0.3, -0.25) is 4.79 Å². The summed E-state index contributed by atoms with van der Waals surface area (Å²) in [5, 5.41) is 10.9. The lowest BCUT2D eigenvalue weighted by Gasteiger charge is -2.07. The molecule has 0 bridgehead atoms. The highest BCUT2D eigenvalue weighted by atomic mass is 32.1. The summed E-state index contributed by atoms with van der Waals surface area (Å²) in [6.07, 6.45) is 0. The molecule has 0 amide bonds. The first-order valence-electron chi connectivity index (χ1n) is 5.37. The number of carbonyl (C=O) groups is 1. The van der Waals surface area contributed by atoms with E-state index in [0.29, 0.717) is 4.88 Å². The van der Waals surface area contributed by atoms with Gasteiger partial charge < -0.3 is 0 Å². The van der Waals surface area contributed by atoms with Crippen molar-refractivity contribution in [3.63, 3.8) is 0 Å². The van der Waals surface area contributed by atoms with Crippen LogP contribution >= 0.6 is 11.3 Å². The number of nitriles is 1. The van der Waals surface area contributed by atoms with Gasteiger partial charge in [0.25, 0.3) is 0 Å². The molecule has 0 saturated heterocycles. The van der Waals surface area contributed by atoms with Crippen molar-refractivity contribution in [2.75, 3.05) is 0 Å². The van der Waals surface area contributed by atoms with Gasteiger partial charge in [-0.15, -0.1) is 11.3 Å². The van der Waals surface area contributed by atoms with Crippen LogP contribution in [-0.2, 0) is 0 Å². The van der Waals surface area contributed by atoms with Crippen LogP contribution < -0.4 is 0 Å². The van der Waals surface area contributed by atoms with Gasteiger partial charge in [0, 0.05) is 4.88 Å². The maximum atomic E-state index is 13.6. The second-order valence-electron chi connectivity index (χ2n) is 3.93. The van der Waals surface area contributed by atoms with Crippen LogP contribution in [0.3, 0.4) is 0 Å². The molecule has 1 aromatic heterocycles. The molecule has 1 unspecified atom stereocenters. The molecule has 0 spiro atoms. The van der Waals surface area contributed by atoms with Crippen LogP contribution in [0.5, 0.6) is 0 Å². The Hall–Kier alpha value is -1.99. The molecule has 0 radical (unpaired) electrons. The molecule has 1 aromatic carbocycles. The number of halogens is 1. The van der Waals surface area contributed by atoms with Crippen LogP contribution in [0, 0.1) is 24.1 Å². The molecule has 0 aliphatic rings. The molecule has 4 heteroatoms. The number of ketones is 1. The average Bonchev–Trinajstić information content (AvgIpc) is 2.87. The molecule has 2 rings (SSSR count). The summed E-state index contributed by atoms with van der Waals surface area (Å²) < 4.78 is 13.6. The van der Waals surface area contributed by atoms with Crippen LogP contribution in [-0.4, -0.2) is 5.78 Å². The SMILES string of the molecule is Cc1ccc(F)c(C(=O)C(C#N)c2cccs2)c1. The molecule has 2 aromatic rings.